The lowest BCUT2D eigenvalue weighted by atomic mass is 10.1. The fourth-order valence-electron chi connectivity index (χ4n) is 2.36. The van der Waals surface area contributed by atoms with E-state index in [1.165, 1.54) is 12.1 Å². The summed E-state index contributed by atoms with van der Waals surface area (Å²) in [6.07, 6.45) is 1.77. The van der Waals surface area contributed by atoms with Gasteiger partial charge < -0.3 is 9.64 Å². The van der Waals surface area contributed by atoms with Gasteiger partial charge in [-0.3, -0.25) is 0 Å². The fourth-order valence-corrected chi connectivity index (χ4v) is 2.90. The topological polar surface area (TPSA) is 96.4 Å². The molecule has 0 aliphatic carbocycles. The van der Waals surface area contributed by atoms with Gasteiger partial charge in [0.25, 0.3) is 0 Å². The first kappa shape index (κ1) is 14.8. The second-order valence-electron chi connectivity index (χ2n) is 4.79. The molecule has 0 bridgehead atoms. The largest absolute Gasteiger partial charge is 0.381 e. The van der Waals surface area contributed by atoms with E-state index in [1.807, 2.05) is 18.0 Å². The van der Waals surface area contributed by atoms with Gasteiger partial charge in [-0.2, -0.15) is 5.26 Å². The summed E-state index contributed by atoms with van der Waals surface area (Å²) >= 11 is 0. The summed E-state index contributed by atoms with van der Waals surface area (Å²) in [6, 6.07) is 6.71. The first-order valence-corrected chi connectivity index (χ1v) is 7.85. The van der Waals surface area contributed by atoms with Gasteiger partial charge >= 0.3 is 0 Å². The summed E-state index contributed by atoms with van der Waals surface area (Å²) in [5.41, 5.74) is 1.03. The number of rotatable bonds is 3. The van der Waals surface area contributed by atoms with Gasteiger partial charge in [0.1, 0.15) is 6.07 Å². The van der Waals surface area contributed by atoms with Crippen molar-refractivity contribution in [3.05, 3.63) is 23.8 Å². The second kappa shape index (κ2) is 5.79. The Hall–Kier alpha value is -1.62. The van der Waals surface area contributed by atoms with Crippen molar-refractivity contribution in [2.24, 2.45) is 5.14 Å². The van der Waals surface area contributed by atoms with Crippen LogP contribution in [0.3, 0.4) is 0 Å². The average molecular weight is 295 g/mol. The standard InChI is InChI=1S/C13H17N3O3S/c1-16(11-4-6-19-7-5-11)13-3-2-12(20(15,17)18)8-10(13)9-14/h2-3,8,11H,4-7H2,1H3,(H2,15,17,18). The van der Waals surface area contributed by atoms with Crippen molar-refractivity contribution >= 4 is 15.7 Å². The molecule has 1 aliphatic rings. The highest BCUT2D eigenvalue weighted by Crippen LogP contribution is 2.26. The minimum atomic E-state index is -3.79. The Kier molecular flexibility index (Phi) is 4.28. The number of anilines is 1. The van der Waals surface area contributed by atoms with Gasteiger partial charge in [-0.25, -0.2) is 13.6 Å². The van der Waals surface area contributed by atoms with E-state index in [2.05, 4.69) is 0 Å². The lowest BCUT2D eigenvalue weighted by Gasteiger charge is -2.33. The van der Waals surface area contributed by atoms with Crippen LogP contribution in [-0.4, -0.2) is 34.7 Å². The van der Waals surface area contributed by atoms with E-state index in [0.717, 1.165) is 12.8 Å². The summed E-state index contributed by atoms with van der Waals surface area (Å²) in [4.78, 5) is 1.96. The van der Waals surface area contributed by atoms with E-state index >= 15 is 0 Å². The van der Waals surface area contributed by atoms with Crippen molar-refractivity contribution < 1.29 is 13.2 Å². The summed E-state index contributed by atoms with van der Waals surface area (Å²) in [5, 5.41) is 14.3. The van der Waals surface area contributed by atoms with Crippen LogP contribution in [0.1, 0.15) is 18.4 Å². The van der Waals surface area contributed by atoms with Crippen LogP contribution in [0.5, 0.6) is 0 Å². The van der Waals surface area contributed by atoms with Gasteiger partial charge in [0.15, 0.2) is 0 Å². The summed E-state index contributed by atoms with van der Waals surface area (Å²) < 4.78 is 28.0. The molecule has 0 spiro atoms. The zero-order valence-electron chi connectivity index (χ0n) is 11.2. The van der Waals surface area contributed by atoms with Gasteiger partial charge in [-0.05, 0) is 31.0 Å². The van der Waals surface area contributed by atoms with E-state index in [4.69, 9.17) is 9.88 Å². The summed E-state index contributed by atoms with van der Waals surface area (Å²) in [6.45, 7) is 1.40. The molecule has 6 nitrogen and oxygen atoms in total. The maximum Gasteiger partial charge on any atom is 0.238 e. The molecule has 1 saturated heterocycles. The molecule has 0 aromatic heterocycles. The third kappa shape index (κ3) is 3.10. The van der Waals surface area contributed by atoms with Gasteiger partial charge in [-0.15, -0.1) is 0 Å². The number of primary sulfonamides is 1. The Labute approximate surface area is 118 Å². The van der Waals surface area contributed by atoms with Gasteiger partial charge in [0, 0.05) is 26.3 Å². The Morgan fingerprint density at radius 2 is 2.05 bits per heavy atom. The molecule has 20 heavy (non-hydrogen) atoms. The van der Waals surface area contributed by atoms with Crippen LogP contribution in [0, 0.1) is 11.3 Å². The van der Waals surface area contributed by atoms with Crippen LogP contribution < -0.4 is 10.0 Å². The van der Waals surface area contributed by atoms with E-state index in [1.54, 1.807) is 6.07 Å². The number of benzene rings is 1. The number of nitrogens with zero attached hydrogens (tertiary/aromatic N) is 2. The first-order chi connectivity index (χ1) is 9.43. The molecule has 0 radical (unpaired) electrons. The van der Waals surface area contributed by atoms with E-state index in [0.29, 0.717) is 24.5 Å². The zero-order chi connectivity index (χ0) is 14.8. The molecule has 108 valence electrons. The summed E-state index contributed by atoms with van der Waals surface area (Å²) in [7, 11) is -1.89. The normalized spacial score (nSPS) is 16.6. The number of nitriles is 1. The number of hydrogen-bond donors (Lipinski definition) is 1. The van der Waals surface area contributed by atoms with Gasteiger partial charge in [-0.1, -0.05) is 0 Å². The Morgan fingerprint density at radius 3 is 2.60 bits per heavy atom. The molecular weight excluding hydrogens is 278 g/mol. The molecule has 0 unspecified atom stereocenters. The number of hydrogen-bond acceptors (Lipinski definition) is 5. The predicted octanol–water partition coefficient (Wildman–Crippen LogP) is 0.821. The SMILES string of the molecule is CN(c1ccc(S(N)(=O)=O)cc1C#N)C1CCOCC1. The number of sulfonamides is 1. The highest BCUT2D eigenvalue weighted by atomic mass is 32.2. The Bertz CT molecular complexity index is 631. The Balaban J connectivity index is 2.34. The number of nitrogens with two attached hydrogens (primary N) is 1. The molecule has 1 aromatic carbocycles. The van der Waals surface area contributed by atoms with Crippen molar-refractivity contribution in [2.75, 3.05) is 25.2 Å². The molecule has 1 heterocycles. The average Bonchev–Trinajstić information content (AvgIpc) is 2.45. The molecule has 1 aromatic rings. The fraction of sp³-hybridized carbons (Fsp3) is 0.462. The first-order valence-electron chi connectivity index (χ1n) is 6.31. The third-order valence-corrected chi connectivity index (χ3v) is 4.45. The molecule has 1 fully saturated rings. The van der Waals surface area contributed by atoms with Crippen molar-refractivity contribution in [3.8, 4) is 6.07 Å². The highest BCUT2D eigenvalue weighted by molar-refractivity contribution is 7.89. The van der Waals surface area contributed by atoms with Crippen molar-refractivity contribution in [1.29, 1.82) is 5.26 Å². The minimum absolute atomic E-state index is 0.0434. The van der Waals surface area contributed by atoms with E-state index in [9.17, 15) is 13.7 Å². The lowest BCUT2D eigenvalue weighted by molar-refractivity contribution is 0.0855. The molecule has 2 rings (SSSR count). The molecule has 0 amide bonds. The van der Waals surface area contributed by atoms with Crippen LogP contribution in [0.15, 0.2) is 23.1 Å². The van der Waals surface area contributed by atoms with Crippen LogP contribution in [0.2, 0.25) is 0 Å². The van der Waals surface area contributed by atoms with E-state index in [-0.39, 0.29) is 10.9 Å². The maximum atomic E-state index is 11.3. The minimum Gasteiger partial charge on any atom is -0.381 e. The van der Waals surface area contributed by atoms with Crippen molar-refractivity contribution in [3.63, 3.8) is 0 Å². The van der Waals surface area contributed by atoms with Crippen molar-refractivity contribution in [1.82, 2.24) is 0 Å². The van der Waals surface area contributed by atoms with Gasteiger partial charge in [0.2, 0.25) is 10.0 Å². The van der Waals surface area contributed by atoms with Crippen LogP contribution in [-0.2, 0) is 14.8 Å². The maximum absolute atomic E-state index is 11.3. The zero-order valence-corrected chi connectivity index (χ0v) is 12.1. The van der Waals surface area contributed by atoms with Crippen LogP contribution in [0.4, 0.5) is 5.69 Å². The smallest absolute Gasteiger partial charge is 0.238 e. The summed E-state index contributed by atoms with van der Waals surface area (Å²) in [5.74, 6) is 0. The van der Waals surface area contributed by atoms with Crippen LogP contribution >= 0.6 is 0 Å². The van der Waals surface area contributed by atoms with Crippen molar-refractivity contribution in [2.45, 2.75) is 23.8 Å². The van der Waals surface area contributed by atoms with Gasteiger partial charge in [0.05, 0.1) is 16.1 Å². The molecule has 1 aliphatic heterocycles. The molecule has 0 saturated carbocycles. The second-order valence-corrected chi connectivity index (χ2v) is 6.35. The molecule has 7 heteroatoms. The molecule has 0 atom stereocenters. The molecular formula is C13H17N3O3S. The Morgan fingerprint density at radius 1 is 1.40 bits per heavy atom. The van der Waals surface area contributed by atoms with E-state index < -0.39 is 10.0 Å². The predicted molar refractivity (Wildman–Crippen MR) is 74.8 cm³/mol. The monoisotopic (exact) mass is 295 g/mol. The quantitative estimate of drug-likeness (QED) is 0.890. The lowest BCUT2D eigenvalue weighted by Crippen LogP contribution is -2.37. The van der Waals surface area contributed by atoms with Crippen LogP contribution in [0.25, 0.3) is 0 Å². The molecule has 2 N–H and O–H groups in total. The third-order valence-electron chi connectivity index (χ3n) is 3.54. The number of ether oxygens (including phenoxy) is 1. The highest BCUT2D eigenvalue weighted by Gasteiger charge is 2.21.